The molecular formula is C30H35Cl2N3O4S. The van der Waals surface area contributed by atoms with E-state index in [1.54, 1.807) is 6.07 Å². The molecule has 40 heavy (non-hydrogen) atoms. The number of rotatable bonds is 12. The summed E-state index contributed by atoms with van der Waals surface area (Å²) in [5.41, 5.74) is 2.74. The number of hydrogen-bond donors (Lipinski definition) is 1. The fraction of sp³-hybridized carbons (Fsp3) is 0.333. The molecule has 0 aliphatic rings. The van der Waals surface area contributed by atoms with E-state index in [9.17, 15) is 18.0 Å². The predicted molar refractivity (Wildman–Crippen MR) is 162 cm³/mol. The second-order valence-electron chi connectivity index (χ2n) is 9.81. The lowest BCUT2D eigenvalue weighted by molar-refractivity contribution is -0.140. The number of nitrogens with zero attached hydrogens (tertiary/aromatic N) is 2. The van der Waals surface area contributed by atoms with Crippen molar-refractivity contribution < 1.29 is 18.0 Å². The van der Waals surface area contributed by atoms with E-state index in [1.165, 1.54) is 17.0 Å². The summed E-state index contributed by atoms with van der Waals surface area (Å²) in [6.07, 6.45) is 1.96. The third kappa shape index (κ3) is 8.22. The van der Waals surface area contributed by atoms with Crippen LogP contribution in [-0.2, 0) is 32.6 Å². The minimum absolute atomic E-state index is 0.0168. The normalized spacial score (nSPS) is 12.8. The zero-order valence-corrected chi connectivity index (χ0v) is 25.4. The number of hydrogen-bond acceptors (Lipinski definition) is 4. The van der Waals surface area contributed by atoms with Crippen molar-refractivity contribution in [3.8, 4) is 0 Å². The highest BCUT2D eigenvalue weighted by atomic mass is 35.5. The Hall–Kier alpha value is -3.07. The molecular weight excluding hydrogens is 569 g/mol. The van der Waals surface area contributed by atoms with E-state index in [0.29, 0.717) is 6.42 Å². The number of benzene rings is 3. The van der Waals surface area contributed by atoms with Gasteiger partial charge in [0, 0.05) is 19.0 Å². The van der Waals surface area contributed by atoms with E-state index >= 15 is 0 Å². The quantitative estimate of drug-likeness (QED) is 0.291. The van der Waals surface area contributed by atoms with Crippen LogP contribution >= 0.6 is 23.2 Å². The molecule has 214 valence electrons. The highest BCUT2D eigenvalue weighted by Gasteiger charge is 2.34. The van der Waals surface area contributed by atoms with Crippen LogP contribution in [-0.4, -0.2) is 50.0 Å². The Morgan fingerprint density at radius 3 is 2.23 bits per heavy atom. The van der Waals surface area contributed by atoms with Crippen molar-refractivity contribution in [2.45, 2.75) is 52.2 Å². The van der Waals surface area contributed by atoms with Gasteiger partial charge in [-0.15, -0.1) is 0 Å². The molecule has 2 amide bonds. The van der Waals surface area contributed by atoms with Gasteiger partial charge >= 0.3 is 0 Å². The summed E-state index contributed by atoms with van der Waals surface area (Å²) < 4.78 is 26.8. The Kier molecular flexibility index (Phi) is 11.0. The summed E-state index contributed by atoms with van der Waals surface area (Å²) in [6, 6.07) is 20.6. The van der Waals surface area contributed by atoms with E-state index in [1.807, 2.05) is 75.4 Å². The fourth-order valence-corrected chi connectivity index (χ4v) is 5.55. The highest BCUT2D eigenvalue weighted by Crippen LogP contribution is 2.34. The number of anilines is 1. The number of nitrogens with one attached hydrogen (secondary N) is 1. The van der Waals surface area contributed by atoms with E-state index in [4.69, 9.17) is 23.2 Å². The van der Waals surface area contributed by atoms with Gasteiger partial charge in [-0.3, -0.25) is 13.9 Å². The zero-order chi connectivity index (χ0) is 29.4. The lowest BCUT2D eigenvalue weighted by Gasteiger charge is -2.34. The minimum atomic E-state index is -3.95. The molecule has 0 aromatic heterocycles. The van der Waals surface area contributed by atoms with Crippen LogP contribution in [0.3, 0.4) is 0 Å². The molecule has 0 aliphatic carbocycles. The molecule has 0 spiro atoms. The van der Waals surface area contributed by atoms with Crippen molar-refractivity contribution in [1.29, 1.82) is 0 Å². The van der Waals surface area contributed by atoms with Crippen LogP contribution in [0.1, 0.15) is 37.0 Å². The molecule has 0 aliphatic heterocycles. The predicted octanol–water partition coefficient (Wildman–Crippen LogP) is 5.62. The summed E-state index contributed by atoms with van der Waals surface area (Å²) in [5, 5.41) is 3.19. The van der Waals surface area contributed by atoms with Gasteiger partial charge in [-0.05, 0) is 49.1 Å². The maximum atomic E-state index is 14.1. The van der Waals surface area contributed by atoms with Crippen molar-refractivity contribution in [2.75, 3.05) is 17.1 Å². The lowest BCUT2D eigenvalue weighted by atomic mass is 10.0. The monoisotopic (exact) mass is 603 g/mol. The van der Waals surface area contributed by atoms with E-state index < -0.39 is 28.5 Å². The number of sulfonamides is 1. The van der Waals surface area contributed by atoms with Crippen LogP contribution in [0.4, 0.5) is 5.69 Å². The van der Waals surface area contributed by atoms with Gasteiger partial charge in [0.25, 0.3) is 0 Å². The molecule has 0 unspecified atom stereocenters. The van der Waals surface area contributed by atoms with Crippen molar-refractivity contribution >= 4 is 50.7 Å². The molecule has 0 saturated carbocycles. The Balaban J connectivity index is 2.10. The van der Waals surface area contributed by atoms with Crippen LogP contribution in [0.2, 0.25) is 10.0 Å². The molecule has 0 heterocycles. The molecule has 0 saturated heterocycles. The van der Waals surface area contributed by atoms with Crippen LogP contribution in [0.5, 0.6) is 0 Å². The van der Waals surface area contributed by atoms with Crippen molar-refractivity contribution in [3.05, 3.63) is 99.5 Å². The molecule has 3 aromatic carbocycles. The summed E-state index contributed by atoms with van der Waals surface area (Å²) in [5.74, 6) is -0.864. The molecule has 0 radical (unpaired) electrons. The Bertz CT molecular complexity index is 1430. The molecule has 0 bridgehead atoms. The maximum Gasteiger partial charge on any atom is 0.244 e. The summed E-state index contributed by atoms with van der Waals surface area (Å²) in [4.78, 5) is 29.3. The first kappa shape index (κ1) is 31.5. The minimum Gasteiger partial charge on any atom is -0.352 e. The largest absolute Gasteiger partial charge is 0.352 e. The van der Waals surface area contributed by atoms with Gasteiger partial charge in [0.2, 0.25) is 21.8 Å². The Morgan fingerprint density at radius 1 is 0.950 bits per heavy atom. The van der Waals surface area contributed by atoms with Gasteiger partial charge < -0.3 is 10.2 Å². The second-order valence-corrected chi connectivity index (χ2v) is 12.5. The SMILES string of the molecule is CC[C@@H](C)NC(=O)[C@H](Cc1ccccc1)N(Cc1ccccc1C)C(=O)CN(c1cccc(Cl)c1Cl)S(C)(=O)=O. The average molecular weight is 605 g/mol. The van der Waals surface area contributed by atoms with Crippen LogP contribution < -0.4 is 9.62 Å². The molecule has 2 atom stereocenters. The molecule has 1 N–H and O–H groups in total. The van der Waals surface area contributed by atoms with Gasteiger partial charge in [-0.1, -0.05) is 90.8 Å². The second kappa shape index (κ2) is 14.0. The molecule has 10 heteroatoms. The first-order valence-corrected chi connectivity index (χ1v) is 15.6. The Labute approximate surface area is 247 Å². The topological polar surface area (TPSA) is 86.8 Å². The summed E-state index contributed by atoms with van der Waals surface area (Å²) >= 11 is 12.5. The molecule has 0 fully saturated rings. The lowest BCUT2D eigenvalue weighted by Crippen LogP contribution is -2.54. The third-order valence-electron chi connectivity index (χ3n) is 6.75. The average Bonchev–Trinajstić information content (AvgIpc) is 2.91. The van der Waals surface area contributed by atoms with Crippen molar-refractivity contribution in [3.63, 3.8) is 0 Å². The maximum absolute atomic E-state index is 14.1. The first-order valence-electron chi connectivity index (χ1n) is 13.0. The number of amides is 2. The number of halogens is 2. The summed E-state index contributed by atoms with van der Waals surface area (Å²) in [7, 11) is -3.95. The van der Waals surface area contributed by atoms with E-state index in [0.717, 1.165) is 27.3 Å². The molecule has 3 rings (SSSR count). The van der Waals surface area contributed by atoms with Crippen molar-refractivity contribution in [2.24, 2.45) is 0 Å². The van der Waals surface area contributed by atoms with E-state index in [2.05, 4.69) is 5.32 Å². The molecule has 7 nitrogen and oxygen atoms in total. The summed E-state index contributed by atoms with van der Waals surface area (Å²) in [6.45, 7) is 5.34. The Morgan fingerprint density at radius 2 is 1.60 bits per heavy atom. The first-order chi connectivity index (χ1) is 18.9. The van der Waals surface area contributed by atoms with Crippen LogP contribution in [0.15, 0.2) is 72.8 Å². The number of aryl methyl sites for hydroxylation is 1. The van der Waals surface area contributed by atoms with Gasteiger partial charge in [0.15, 0.2) is 0 Å². The van der Waals surface area contributed by atoms with Gasteiger partial charge in [-0.25, -0.2) is 8.42 Å². The standard InChI is InChI=1S/C30H35Cl2N3O4S/c1-5-22(3)33-30(37)27(18-23-13-7-6-8-14-23)34(19-24-15-10-9-12-21(24)2)28(36)20-35(40(4,38)39)26-17-11-16-25(31)29(26)32/h6-17,22,27H,5,18-20H2,1-4H3,(H,33,37)/t22-,27+/m1/s1. The van der Waals surface area contributed by atoms with Gasteiger partial charge in [-0.2, -0.15) is 0 Å². The zero-order valence-electron chi connectivity index (χ0n) is 23.1. The fourth-order valence-electron chi connectivity index (χ4n) is 4.25. The number of carbonyl (C=O) groups excluding carboxylic acids is 2. The third-order valence-corrected chi connectivity index (χ3v) is 8.69. The molecule has 3 aromatic rings. The smallest absolute Gasteiger partial charge is 0.244 e. The van der Waals surface area contributed by atoms with Crippen LogP contribution in [0, 0.1) is 6.92 Å². The van der Waals surface area contributed by atoms with Crippen LogP contribution in [0.25, 0.3) is 0 Å². The van der Waals surface area contributed by atoms with Crippen molar-refractivity contribution in [1.82, 2.24) is 10.2 Å². The van der Waals surface area contributed by atoms with Gasteiger partial charge in [0.1, 0.15) is 12.6 Å². The highest BCUT2D eigenvalue weighted by molar-refractivity contribution is 7.92. The number of carbonyl (C=O) groups is 2. The van der Waals surface area contributed by atoms with Gasteiger partial charge in [0.05, 0.1) is 22.0 Å². The van der Waals surface area contributed by atoms with E-state index in [-0.39, 0.29) is 40.6 Å².